The van der Waals surface area contributed by atoms with Crippen molar-refractivity contribution >= 4 is 38.1 Å². The van der Waals surface area contributed by atoms with Gasteiger partial charge in [0, 0.05) is 48.6 Å². The quantitative estimate of drug-likeness (QED) is 0.384. The number of hydrogen-bond donors (Lipinski definition) is 3. The molecule has 186 valence electrons. The van der Waals surface area contributed by atoms with E-state index in [0.29, 0.717) is 46.8 Å². The Bertz CT molecular complexity index is 1640. The second kappa shape index (κ2) is 8.22. The highest BCUT2D eigenvalue weighted by molar-refractivity contribution is 7.88. The number of pyridine rings is 2. The Hall–Kier alpha value is -3.61. The number of anilines is 3. The van der Waals surface area contributed by atoms with Crippen LogP contribution in [0.15, 0.2) is 36.7 Å². The fraction of sp³-hybridized carbons (Fsp3) is 0.292. The van der Waals surface area contributed by atoms with Crippen molar-refractivity contribution in [3.8, 4) is 11.1 Å². The van der Waals surface area contributed by atoms with Crippen LogP contribution < -0.4 is 10.6 Å². The Morgan fingerprint density at radius 2 is 1.94 bits per heavy atom. The van der Waals surface area contributed by atoms with E-state index in [1.165, 1.54) is 15.1 Å². The number of halogens is 1. The lowest BCUT2D eigenvalue weighted by molar-refractivity contribution is 0.163. The Morgan fingerprint density at radius 1 is 1.11 bits per heavy atom. The second-order valence-corrected chi connectivity index (χ2v) is 11.2. The highest BCUT2D eigenvalue weighted by Crippen LogP contribution is 2.38. The third-order valence-corrected chi connectivity index (χ3v) is 8.41. The van der Waals surface area contributed by atoms with Crippen LogP contribution in [0.5, 0.6) is 0 Å². The Kier molecular flexibility index (Phi) is 5.21. The molecule has 12 heteroatoms. The fourth-order valence-corrected chi connectivity index (χ4v) is 5.81. The summed E-state index contributed by atoms with van der Waals surface area (Å²) < 4.78 is 42.2. The molecule has 0 radical (unpaired) electrons. The number of nitrogens with zero attached hydrogens (tertiary/aromatic N) is 5. The van der Waals surface area contributed by atoms with Gasteiger partial charge in [0.05, 0.1) is 29.7 Å². The van der Waals surface area contributed by atoms with Crippen molar-refractivity contribution in [3.05, 3.63) is 59.4 Å². The van der Waals surface area contributed by atoms with E-state index in [4.69, 9.17) is 0 Å². The van der Waals surface area contributed by atoms with E-state index in [9.17, 15) is 13.5 Å². The van der Waals surface area contributed by atoms with Gasteiger partial charge in [-0.25, -0.2) is 22.5 Å². The van der Waals surface area contributed by atoms with E-state index in [1.54, 1.807) is 37.6 Å². The molecule has 36 heavy (non-hydrogen) atoms. The molecule has 2 aliphatic heterocycles. The minimum absolute atomic E-state index is 0.214. The minimum Gasteiger partial charge on any atom is -0.387 e. The maximum absolute atomic E-state index is 15.2. The van der Waals surface area contributed by atoms with Crippen molar-refractivity contribution in [2.75, 3.05) is 24.2 Å². The van der Waals surface area contributed by atoms with E-state index in [0.717, 1.165) is 22.3 Å². The van der Waals surface area contributed by atoms with Gasteiger partial charge >= 0.3 is 0 Å². The van der Waals surface area contributed by atoms with Gasteiger partial charge in [-0.15, -0.1) is 0 Å². The summed E-state index contributed by atoms with van der Waals surface area (Å²) in [6.07, 6.45) is 3.13. The van der Waals surface area contributed by atoms with Crippen molar-refractivity contribution in [1.82, 2.24) is 24.1 Å². The SMILES string of the molecule is Cc1c(-c2cc3cc(Nc4cc5n(n4)CS(=O)(=O)N(C)C5)ncc3cc2F)cnc2c1NCC[C@@H]2O. The summed E-state index contributed by atoms with van der Waals surface area (Å²) in [5, 5.41) is 22.4. The zero-order valence-corrected chi connectivity index (χ0v) is 20.5. The standard InChI is InChI=1S/C24H24FN7O3S/c1-13-18(10-28-24-20(33)3-4-26-23(13)24)17-5-14-7-21(27-9-15(14)6-19(17)25)29-22-8-16-11-31(2)36(34,35)12-32(16)30-22/h5-10,20,26,33H,3-4,11-12H2,1-2H3,(H,27,29,30)/t20-/m0/s1. The summed E-state index contributed by atoms with van der Waals surface area (Å²) >= 11 is 0. The van der Waals surface area contributed by atoms with Gasteiger partial charge in [0.15, 0.2) is 11.7 Å². The van der Waals surface area contributed by atoms with Crippen LogP contribution in [0.4, 0.5) is 21.7 Å². The molecule has 4 aromatic rings. The largest absolute Gasteiger partial charge is 0.387 e. The van der Waals surface area contributed by atoms with E-state index >= 15 is 4.39 Å². The predicted molar refractivity (Wildman–Crippen MR) is 134 cm³/mol. The molecule has 6 rings (SSSR count). The molecular formula is C24H24FN7O3S. The summed E-state index contributed by atoms with van der Waals surface area (Å²) in [5.74, 6) is 0.369. The molecule has 0 fully saturated rings. The monoisotopic (exact) mass is 509 g/mol. The Balaban J connectivity index is 1.35. The van der Waals surface area contributed by atoms with Crippen LogP contribution >= 0.6 is 0 Å². The first kappa shape index (κ1) is 22.8. The van der Waals surface area contributed by atoms with Crippen LogP contribution in [-0.4, -0.2) is 51.2 Å². The summed E-state index contributed by atoms with van der Waals surface area (Å²) in [5.41, 5.74) is 3.98. The van der Waals surface area contributed by atoms with Crippen molar-refractivity contribution in [3.63, 3.8) is 0 Å². The molecule has 0 saturated heterocycles. The van der Waals surface area contributed by atoms with E-state index in [1.807, 2.05) is 6.92 Å². The first-order valence-electron chi connectivity index (χ1n) is 11.5. The highest BCUT2D eigenvalue weighted by atomic mass is 32.2. The summed E-state index contributed by atoms with van der Waals surface area (Å²) in [6.45, 7) is 2.76. The lowest BCUT2D eigenvalue weighted by atomic mass is 9.95. The summed E-state index contributed by atoms with van der Waals surface area (Å²) in [6, 6.07) is 6.78. The first-order valence-corrected chi connectivity index (χ1v) is 13.1. The molecule has 10 nitrogen and oxygen atoms in total. The molecule has 1 aromatic carbocycles. The molecule has 1 atom stereocenters. The van der Waals surface area contributed by atoms with Gasteiger partial charge in [0.1, 0.15) is 11.6 Å². The molecule has 3 aromatic heterocycles. The van der Waals surface area contributed by atoms with Crippen molar-refractivity contribution in [1.29, 1.82) is 0 Å². The first-order chi connectivity index (χ1) is 17.2. The molecule has 3 N–H and O–H groups in total. The van der Waals surface area contributed by atoms with Crippen molar-refractivity contribution < 1.29 is 17.9 Å². The fourth-order valence-electron chi connectivity index (χ4n) is 4.75. The van der Waals surface area contributed by atoms with Gasteiger partial charge in [-0.3, -0.25) is 4.98 Å². The number of rotatable bonds is 3. The van der Waals surface area contributed by atoms with E-state index < -0.39 is 21.9 Å². The Morgan fingerprint density at radius 3 is 2.78 bits per heavy atom. The average Bonchev–Trinajstić information content (AvgIpc) is 3.20. The number of nitrogens with one attached hydrogen (secondary N) is 2. The number of benzene rings is 1. The van der Waals surface area contributed by atoms with Crippen LogP contribution in [0.3, 0.4) is 0 Å². The minimum atomic E-state index is -3.38. The third kappa shape index (κ3) is 3.77. The zero-order valence-electron chi connectivity index (χ0n) is 19.7. The predicted octanol–water partition coefficient (Wildman–Crippen LogP) is 3.27. The molecule has 0 unspecified atom stereocenters. The number of sulfonamides is 1. The molecular weight excluding hydrogens is 485 g/mol. The van der Waals surface area contributed by atoms with E-state index in [-0.39, 0.29) is 12.4 Å². The smallest absolute Gasteiger partial charge is 0.234 e. The molecule has 0 saturated carbocycles. The zero-order chi connectivity index (χ0) is 25.2. The van der Waals surface area contributed by atoms with Crippen molar-refractivity contribution in [2.45, 2.75) is 31.9 Å². The van der Waals surface area contributed by atoms with Gasteiger partial charge in [-0.1, -0.05) is 0 Å². The van der Waals surface area contributed by atoms with Crippen molar-refractivity contribution in [2.24, 2.45) is 0 Å². The second-order valence-electron chi connectivity index (χ2n) is 9.18. The Labute approximate surface area is 206 Å². The number of aliphatic hydroxyl groups is 1. The van der Waals surface area contributed by atoms with Gasteiger partial charge in [0.25, 0.3) is 0 Å². The van der Waals surface area contributed by atoms with Crippen LogP contribution in [0.1, 0.15) is 29.5 Å². The lowest BCUT2D eigenvalue weighted by Gasteiger charge is -2.25. The molecule has 0 bridgehead atoms. The van der Waals surface area contributed by atoms with Crippen LogP contribution in [0.25, 0.3) is 21.9 Å². The van der Waals surface area contributed by atoms with Gasteiger partial charge in [-0.05, 0) is 42.5 Å². The topological polar surface area (TPSA) is 125 Å². The number of aromatic nitrogens is 4. The maximum Gasteiger partial charge on any atom is 0.234 e. The van der Waals surface area contributed by atoms with Gasteiger partial charge in [0.2, 0.25) is 10.0 Å². The summed E-state index contributed by atoms with van der Waals surface area (Å²) in [4.78, 5) is 8.79. The van der Waals surface area contributed by atoms with Gasteiger partial charge < -0.3 is 15.7 Å². The third-order valence-electron chi connectivity index (χ3n) is 6.77. The summed E-state index contributed by atoms with van der Waals surface area (Å²) in [7, 11) is -1.84. The van der Waals surface area contributed by atoms with Crippen LogP contribution in [0, 0.1) is 12.7 Å². The normalized spacial score (nSPS) is 18.9. The molecule has 0 spiro atoms. The van der Waals surface area contributed by atoms with Gasteiger partial charge in [-0.2, -0.15) is 9.40 Å². The average molecular weight is 510 g/mol. The number of aliphatic hydroxyl groups excluding tert-OH is 1. The molecule has 0 aliphatic carbocycles. The lowest BCUT2D eigenvalue weighted by Crippen LogP contribution is -2.35. The molecule has 2 aliphatic rings. The van der Waals surface area contributed by atoms with Crippen LogP contribution in [0.2, 0.25) is 0 Å². The molecule has 5 heterocycles. The number of hydrogen-bond acceptors (Lipinski definition) is 8. The van der Waals surface area contributed by atoms with E-state index in [2.05, 4.69) is 25.7 Å². The molecule has 0 amide bonds. The maximum atomic E-state index is 15.2. The highest BCUT2D eigenvalue weighted by Gasteiger charge is 2.28. The number of fused-ring (bicyclic) bond motifs is 3. The van der Waals surface area contributed by atoms with Crippen LogP contribution in [-0.2, 0) is 22.4 Å².